The van der Waals surface area contributed by atoms with Gasteiger partial charge >= 0.3 is 0 Å². The predicted octanol–water partition coefficient (Wildman–Crippen LogP) is 3.83. The van der Waals surface area contributed by atoms with Crippen LogP contribution in [0, 0.1) is 12.3 Å². The molecule has 2 fully saturated rings. The highest BCUT2D eigenvalue weighted by molar-refractivity contribution is 7.99. The van der Waals surface area contributed by atoms with E-state index in [4.69, 9.17) is 27.1 Å². The van der Waals surface area contributed by atoms with Gasteiger partial charge in [-0.25, -0.2) is 15.0 Å². The number of imidazole rings is 1. The topological polar surface area (TPSA) is 81.6 Å². The Hall–Kier alpha value is -1.81. The van der Waals surface area contributed by atoms with Crippen molar-refractivity contribution in [3.05, 3.63) is 35.4 Å². The minimum Gasteiger partial charge on any atom is -0.382 e. The number of hydrogen-bond donors (Lipinski definition) is 1. The lowest BCUT2D eigenvalue weighted by Crippen LogP contribution is -2.44. The van der Waals surface area contributed by atoms with Gasteiger partial charge in [-0.2, -0.15) is 0 Å². The van der Waals surface area contributed by atoms with Gasteiger partial charge in [0.25, 0.3) is 0 Å². The third-order valence-corrected chi connectivity index (χ3v) is 11.4. The van der Waals surface area contributed by atoms with Crippen LogP contribution in [-0.4, -0.2) is 54.7 Å². The fraction of sp³-hybridized carbons (Fsp3) is 0.500. The highest BCUT2D eigenvalue weighted by Gasteiger charge is 2.48. The number of anilines is 2. The quantitative estimate of drug-likeness (QED) is 0.559. The first-order valence-corrected chi connectivity index (χ1v) is 14.6. The van der Waals surface area contributed by atoms with Crippen LogP contribution in [0.4, 0.5) is 11.6 Å². The Kier molecular flexibility index (Phi) is 5.85. The van der Waals surface area contributed by atoms with E-state index in [2.05, 4.69) is 32.7 Å². The van der Waals surface area contributed by atoms with Crippen molar-refractivity contribution in [2.24, 2.45) is 5.41 Å². The largest absolute Gasteiger partial charge is 0.382 e. The van der Waals surface area contributed by atoms with Crippen molar-refractivity contribution in [3.63, 3.8) is 0 Å². The molecule has 3 aromatic rings. The Morgan fingerprint density at radius 2 is 2.06 bits per heavy atom. The smallest absolute Gasteiger partial charge is 0.181 e. The molecule has 2 unspecified atom stereocenters. The molecule has 0 aliphatic carbocycles. The zero-order valence-electron chi connectivity index (χ0n) is 18.7. The average Bonchev–Trinajstić information content (AvgIpc) is 3.39. The van der Waals surface area contributed by atoms with E-state index in [-0.39, 0.29) is 9.52 Å². The number of ether oxygens (including phenoxy) is 1. The lowest BCUT2D eigenvalue weighted by atomic mass is 9.76. The van der Waals surface area contributed by atoms with Gasteiger partial charge in [-0.15, -0.1) is 0 Å². The number of piperidine rings is 1. The molecule has 2 saturated heterocycles. The SMILES string of the molecule is C[SiH2]C1C(C)OCC12CCN(c1nc(C)c(Sc3ccnc(N)c3Cl)n3ccnc13)CC2. The Labute approximate surface area is 199 Å². The van der Waals surface area contributed by atoms with Crippen LogP contribution in [0.5, 0.6) is 0 Å². The lowest BCUT2D eigenvalue weighted by molar-refractivity contribution is 0.0976. The summed E-state index contributed by atoms with van der Waals surface area (Å²) in [6.07, 6.45) is 8.25. The van der Waals surface area contributed by atoms with E-state index in [1.807, 2.05) is 25.4 Å². The van der Waals surface area contributed by atoms with Gasteiger partial charge in [-0.05, 0) is 43.7 Å². The van der Waals surface area contributed by atoms with Crippen molar-refractivity contribution in [1.82, 2.24) is 19.4 Å². The van der Waals surface area contributed by atoms with Crippen molar-refractivity contribution < 1.29 is 4.74 Å². The van der Waals surface area contributed by atoms with Crippen LogP contribution >= 0.6 is 23.4 Å². The molecule has 1 spiro atoms. The summed E-state index contributed by atoms with van der Waals surface area (Å²) in [6.45, 7) is 9.65. The van der Waals surface area contributed by atoms with Crippen molar-refractivity contribution in [2.45, 2.75) is 54.8 Å². The molecule has 0 aromatic carbocycles. The van der Waals surface area contributed by atoms with Gasteiger partial charge in [0.05, 0.1) is 23.4 Å². The van der Waals surface area contributed by atoms with Gasteiger partial charge in [-0.3, -0.25) is 4.40 Å². The molecule has 170 valence electrons. The zero-order chi connectivity index (χ0) is 22.5. The van der Waals surface area contributed by atoms with Crippen LogP contribution in [0.1, 0.15) is 25.5 Å². The highest BCUT2D eigenvalue weighted by atomic mass is 35.5. The van der Waals surface area contributed by atoms with E-state index in [0.717, 1.165) is 52.3 Å². The van der Waals surface area contributed by atoms with Gasteiger partial charge in [-0.1, -0.05) is 29.9 Å². The number of nitrogens with zero attached hydrogens (tertiary/aromatic N) is 5. The minimum atomic E-state index is -0.113. The van der Waals surface area contributed by atoms with Gasteiger partial charge in [0.15, 0.2) is 11.5 Å². The number of fused-ring (bicyclic) bond motifs is 1. The standard InChI is InChI=1S/C22H29ClN6OSSi/c1-13-21(31-15-4-7-25-18(24)16(15)23)29-11-8-26-19(29)20(27-13)28-9-5-22(6-10-28)12-30-14(2)17(22)32-3/h4,7-8,11,14,17H,5-6,9-10,12,32H2,1-3H3,(H2,24,25). The molecule has 2 N–H and O–H groups in total. The molecule has 5 heterocycles. The molecule has 5 rings (SSSR count). The van der Waals surface area contributed by atoms with E-state index in [0.29, 0.717) is 22.4 Å². The maximum absolute atomic E-state index is 6.40. The van der Waals surface area contributed by atoms with Crippen molar-refractivity contribution in [3.8, 4) is 0 Å². The van der Waals surface area contributed by atoms with Crippen LogP contribution in [0.25, 0.3) is 5.65 Å². The van der Waals surface area contributed by atoms with Crippen LogP contribution in [0.15, 0.2) is 34.6 Å². The molecule has 2 aliphatic heterocycles. The van der Waals surface area contributed by atoms with Crippen molar-refractivity contribution >= 4 is 50.2 Å². The van der Waals surface area contributed by atoms with Crippen LogP contribution < -0.4 is 10.6 Å². The molecular weight excluding hydrogens is 460 g/mol. The number of rotatable bonds is 4. The fourth-order valence-electron chi connectivity index (χ4n) is 5.49. The zero-order valence-corrected chi connectivity index (χ0v) is 21.7. The number of nitrogens with two attached hydrogens (primary N) is 1. The Morgan fingerprint density at radius 1 is 1.28 bits per heavy atom. The van der Waals surface area contributed by atoms with Crippen molar-refractivity contribution in [2.75, 3.05) is 30.3 Å². The summed E-state index contributed by atoms with van der Waals surface area (Å²) in [6, 6.07) is 1.88. The lowest BCUT2D eigenvalue weighted by Gasteiger charge is -2.42. The molecule has 0 bridgehead atoms. The maximum atomic E-state index is 6.40. The van der Waals surface area contributed by atoms with E-state index >= 15 is 0 Å². The summed E-state index contributed by atoms with van der Waals surface area (Å²) in [5.41, 5.74) is 8.87. The second-order valence-corrected chi connectivity index (χ2v) is 12.0. The van der Waals surface area contributed by atoms with E-state index in [9.17, 15) is 0 Å². The molecule has 10 heteroatoms. The van der Waals surface area contributed by atoms with E-state index in [1.54, 1.807) is 18.0 Å². The molecule has 0 saturated carbocycles. The minimum absolute atomic E-state index is 0.113. The number of aryl methyl sites for hydroxylation is 1. The number of aromatic nitrogens is 4. The highest BCUT2D eigenvalue weighted by Crippen LogP contribution is 2.50. The van der Waals surface area contributed by atoms with Gasteiger partial charge < -0.3 is 15.4 Å². The summed E-state index contributed by atoms with van der Waals surface area (Å²) in [5, 5.41) is 1.45. The average molecular weight is 489 g/mol. The van der Waals surface area contributed by atoms with Crippen LogP contribution in [0.3, 0.4) is 0 Å². The second kappa shape index (κ2) is 8.51. The third-order valence-electron chi connectivity index (χ3n) is 7.22. The summed E-state index contributed by atoms with van der Waals surface area (Å²) in [7, 11) is -0.113. The Bertz CT molecular complexity index is 1150. The van der Waals surface area contributed by atoms with Crippen LogP contribution in [-0.2, 0) is 4.74 Å². The number of pyridine rings is 1. The van der Waals surface area contributed by atoms with Gasteiger partial charge in [0, 0.05) is 46.1 Å². The van der Waals surface area contributed by atoms with Crippen molar-refractivity contribution in [1.29, 1.82) is 0 Å². The molecule has 32 heavy (non-hydrogen) atoms. The molecule has 2 aliphatic rings. The normalized spacial score (nSPS) is 23.2. The fourth-order valence-corrected chi connectivity index (χ4v) is 8.88. The summed E-state index contributed by atoms with van der Waals surface area (Å²) in [5.74, 6) is 1.30. The Balaban J connectivity index is 1.44. The maximum Gasteiger partial charge on any atom is 0.181 e. The number of nitrogen functional groups attached to an aromatic ring is 1. The first-order valence-electron chi connectivity index (χ1n) is 11.2. The van der Waals surface area contributed by atoms with E-state index < -0.39 is 0 Å². The van der Waals surface area contributed by atoms with Gasteiger partial charge in [0.2, 0.25) is 0 Å². The molecule has 0 amide bonds. The third kappa shape index (κ3) is 3.59. The summed E-state index contributed by atoms with van der Waals surface area (Å²) < 4.78 is 8.23. The molecule has 2 atom stereocenters. The summed E-state index contributed by atoms with van der Waals surface area (Å²) >= 11 is 7.94. The predicted molar refractivity (Wildman–Crippen MR) is 133 cm³/mol. The van der Waals surface area contributed by atoms with E-state index in [1.165, 1.54) is 12.8 Å². The molecule has 3 aromatic heterocycles. The molecule has 0 radical (unpaired) electrons. The Morgan fingerprint density at radius 3 is 2.81 bits per heavy atom. The second-order valence-electron chi connectivity index (χ2n) is 8.94. The summed E-state index contributed by atoms with van der Waals surface area (Å²) in [4.78, 5) is 17.0. The van der Waals surface area contributed by atoms with Crippen LogP contribution in [0.2, 0.25) is 17.1 Å². The number of hydrogen-bond acceptors (Lipinski definition) is 7. The monoisotopic (exact) mass is 488 g/mol. The first-order chi connectivity index (χ1) is 15.4. The number of halogens is 1. The molecule has 7 nitrogen and oxygen atoms in total. The first kappa shape index (κ1) is 22.0. The molecular formula is C22H29ClN6OSSi. The van der Waals surface area contributed by atoms with Gasteiger partial charge in [0.1, 0.15) is 10.8 Å².